The Bertz CT molecular complexity index is 671. The maximum absolute atomic E-state index is 10.3. The van der Waals surface area contributed by atoms with Gasteiger partial charge in [0.15, 0.2) is 0 Å². The maximum Gasteiger partial charge on any atom is 0.204 e. The molecule has 0 bridgehead atoms. The van der Waals surface area contributed by atoms with E-state index in [0.29, 0.717) is 17.7 Å². The number of nitrogens with zero attached hydrogens (tertiary/aromatic N) is 4. The van der Waals surface area contributed by atoms with Crippen molar-refractivity contribution in [1.82, 2.24) is 25.5 Å². The summed E-state index contributed by atoms with van der Waals surface area (Å²) in [5.41, 5.74) is 0.898. The molecule has 2 aromatic rings. The number of benzene rings is 1. The van der Waals surface area contributed by atoms with Crippen molar-refractivity contribution in [3.63, 3.8) is 0 Å². The molecule has 2 heterocycles. The molecule has 1 saturated heterocycles. The Morgan fingerprint density at radius 2 is 1.91 bits per heavy atom. The van der Waals surface area contributed by atoms with Crippen LogP contribution in [0.3, 0.4) is 0 Å². The van der Waals surface area contributed by atoms with Crippen LogP contribution in [0.25, 0.3) is 11.4 Å². The number of aryl methyl sites for hydroxylation is 1. The van der Waals surface area contributed by atoms with Crippen LogP contribution in [0.4, 0.5) is 0 Å². The number of aliphatic hydroxyl groups is 1. The largest absolute Gasteiger partial charge is 0.488 e. The van der Waals surface area contributed by atoms with Gasteiger partial charge < -0.3 is 15.2 Å². The van der Waals surface area contributed by atoms with Crippen molar-refractivity contribution >= 4 is 0 Å². The summed E-state index contributed by atoms with van der Waals surface area (Å²) in [7, 11) is 1.74. The molecule has 1 aromatic heterocycles. The molecule has 2 aliphatic rings. The Hall–Kier alpha value is -1.99. The molecule has 0 amide bonds. The SMILES string of the molecule is Cn1nnc(-c2ccc(O[C@@H]3C[C@@H]4CNC[C@@H]4C[C@H]3O)cc2)n1. The monoisotopic (exact) mass is 315 g/mol. The first kappa shape index (κ1) is 14.6. The summed E-state index contributed by atoms with van der Waals surface area (Å²) in [6, 6.07) is 7.64. The molecule has 1 aliphatic heterocycles. The Balaban J connectivity index is 1.44. The van der Waals surface area contributed by atoms with Crippen LogP contribution in [-0.4, -0.2) is 50.6 Å². The van der Waals surface area contributed by atoms with Crippen LogP contribution in [0.1, 0.15) is 12.8 Å². The van der Waals surface area contributed by atoms with Crippen molar-refractivity contribution < 1.29 is 9.84 Å². The molecular weight excluding hydrogens is 294 g/mol. The van der Waals surface area contributed by atoms with Crippen LogP contribution in [0, 0.1) is 11.8 Å². The summed E-state index contributed by atoms with van der Waals surface area (Å²) in [6.45, 7) is 2.06. The van der Waals surface area contributed by atoms with Crippen LogP contribution >= 0.6 is 0 Å². The highest BCUT2D eigenvalue weighted by Gasteiger charge is 2.39. The van der Waals surface area contributed by atoms with E-state index in [0.717, 1.165) is 37.2 Å². The van der Waals surface area contributed by atoms with Crippen LogP contribution in [-0.2, 0) is 7.05 Å². The lowest BCUT2D eigenvalue weighted by Gasteiger charge is -2.35. The molecule has 2 fully saturated rings. The number of rotatable bonds is 3. The second-order valence-electron chi connectivity index (χ2n) is 6.50. The lowest BCUT2D eigenvalue weighted by Crippen LogP contribution is -2.42. The third kappa shape index (κ3) is 2.94. The lowest BCUT2D eigenvalue weighted by atomic mass is 9.78. The summed E-state index contributed by atoms with van der Waals surface area (Å²) < 4.78 is 6.03. The van der Waals surface area contributed by atoms with Crippen molar-refractivity contribution in [3.05, 3.63) is 24.3 Å². The average Bonchev–Trinajstić information content (AvgIpc) is 3.17. The van der Waals surface area contributed by atoms with Crippen molar-refractivity contribution in [2.75, 3.05) is 13.1 Å². The average molecular weight is 315 g/mol. The molecule has 4 atom stereocenters. The number of hydrogen-bond donors (Lipinski definition) is 2. The summed E-state index contributed by atoms with van der Waals surface area (Å²) >= 11 is 0. The fraction of sp³-hybridized carbons (Fsp3) is 0.562. The highest BCUT2D eigenvalue weighted by Crippen LogP contribution is 2.35. The Kier molecular flexibility index (Phi) is 3.74. The predicted molar refractivity (Wildman–Crippen MR) is 83.7 cm³/mol. The Morgan fingerprint density at radius 3 is 2.61 bits per heavy atom. The Morgan fingerprint density at radius 1 is 1.17 bits per heavy atom. The first-order valence-electron chi connectivity index (χ1n) is 8.09. The maximum atomic E-state index is 10.3. The van der Waals surface area contributed by atoms with Crippen molar-refractivity contribution in [1.29, 1.82) is 0 Å². The smallest absolute Gasteiger partial charge is 0.204 e. The summed E-state index contributed by atoms with van der Waals surface area (Å²) in [5, 5.41) is 25.7. The molecule has 1 aromatic carbocycles. The van der Waals surface area contributed by atoms with Crippen molar-refractivity contribution in [2.24, 2.45) is 18.9 Å². The van der Waals surface area contributed by atoms with Gasteiger partial charge in [0.25, 0.3) is 0 Å². The molecule has 0 spiro atoms. The number of aromatic nitrogens is 4. The molecule has 122 valence electrons. The molecule has 4 rings (SSSR count). The standard InChI is InChI=1S/C16H21N5O2/c1-21-19-16(18-20-21)10-2-4-13(5-3-10)23-15-7-12-9-17-8-11(12)6-14(15)22/h2-5,11-12,14-15,17,22H,6-9H2,1H3/t11-,12+,14+,15+/m0/s1. The van der Waals surface area contributed by atoms with E-state index < -0.39 is 6.10 Å². The van der Waals surface area contributed by atoms with E-state index in [-0.39, 0.29) is 6.10 Å². The van der Waals surface area contributed by atoms with Crippen molar-refractivity contribution in [3.8, 4) is 17.1 Å². The minimum Gasteiger partial charge on any atom is -0.488 e. The first-order chi connectivity index (χ1) is 11.2. The van der Waals surface area contributed by atoms with E-state index in [1.807, 2.05) is 24.3 Å². The zero-order chi connectivity index (χ0) is 15.8. The fourth-order valence-electron chi connectivity index (χ4n) is 3.64. The highest BCUT2D eigenvalue weighted by molar-refractivity contribution is 5.55. The van der Waals surface area contributed by atoms with E-state index in [1.165, 1.54) is 4.80 Å². The number of ether oxygens (including phenoxy) is 1. The topological polar surface area (TPSA) is 85.1 Å². The van der Waals surface area contributed by atoms with Gasteiger partial charge >= 0.3 is 0 Å². The molecule has 1 aliphatic carbocycles. The number of nitrogens with one attached hydrogen (secondary N) is 1. The van der Waals surface area contributed by atoms with E-state index in [4.69, 9.17) is 4.74 Å². The summed E-state index contributed by atoms with van der Waals surface area (Å²) in [4.78, 5) is 1.43. The van der Waals surface area contributed by atoms with Crippen LogP contribution in [0.5, 0.6) is 5.75 Å². The van der Waals surface area contributed by atoms with Gasteiger partial charge in [-0.05, 0) is 67.2 Å². The number of aliphatic hydroxyl groups excluding tert-OH is 1. The van der Waals surface area contributed by atoms with Gasteiger partial charge in [-0.1, -0.05) is 0 Å². The van der Waals surface area contributed by atoms with E-state index >= 15 is 0 Å². The number of tetrazole rings is 1. The van der Waals surface area contributed by atoms with Gasteiger partial charge in [0.2, 0.25) is 5.82 Å². The minimum absolute atomic E-state index is 0.128. The zero-order valence-electron chi connectivity index (χ0n) is 13.1. The first-order valence-corrected chi connectivity index (χ1v) is 8.09. The van der Waals surface area contributed by atoms with Gasteiger partial charge in [0.1, 0.15) is 11.9 Å². The van der Waals surface area contributed by atoms with Crippen LogP contribution in [0.2, 0.25) is 0 Å². The normalized spacial score (nSPS) is 30.2. The zero-order valence-corrected chi connectivity index (χ0v) is 13.1. The quantitative estimate of drug-likeness (QED) is 0.863. The van der Waals surface area contributed by atoms with Gasteiger partial charge in [-0.3, -0.25) is 0 Å². The number of hydrogen-bond acceptors (Lipinski definition) is 6. The Labute approximate surface area is 134 Å². The molecule has 0 radical (unpaired) electrons. The van der Waals surface area contributed by atoms with Gasteiger partial charge in [0.05, 0.1) is 13.2 Å². The van der Waals surface area contributed by atoms with E-state index in [2.05, 4.69) is 20.7 Å². The van der Waals surface area contributed by atoms with Crippen LogP contribution < -0.4 is 10.1 Å². The second kappa shape index (κ2) is 5.90. The third-order valence-electron chi connectivity index (χ3n) is 4.90. The molecule has 23 heavy (non-hydrogen) atoms. The lowest BCUT2D eigenvalue weighted by molar-refractivity contribution is -0.0231. The number of fused-ring (bicyclic) bond motifs is 1. The third-order valence-corrected chi connectivity index (χ3v) is 4.90. The van der Waals surface area contributed by atoms with Gasteiger partial charge in [-0.25, -0.2) is 0 Å². The minimum atomic E-state index is -0.391. The molecular formula is C16H21N5O2. The molecule has 1 saturated carbocycles. The fourth-order valence-corrected chi connectivity index (χ4v) is 3.64. The predicted octanol–water partition coefficient (Wildman–Crippen LogP) is 0.615. The highest BCUT2D eigenvalue weighted by atomic mass is 16.5. The van der Waals surface area contributed by atoms with Gasteiger partial charge in [0, 0.05) is 5.56 Å². The molecule has 7 heteroatoms. The summed E-state index contributed by atoms with van der Waals surface area (Å²) in [5.74, 6) is 2.57. The van der Waals surface area contributed by atoms with E-state index in [9.17, 15) is 5.11 Å². The van der Waals surface area contributed by atoms with E-state index in [1.54, 1.807) is 7.05 Å². The van der Waals surface area contributed by atoms with Gasteiger partial charge in [-0.15, -0.1) is 10.2 Å². The molecule has 0 unspecified atom stereocenters. The molecule has 2 N–H and O–H groups in total. The van der Waals surface area contributed by atoms with Gasteiger partial charge in [-0.2, -0.15) is 4.80 Å². The second-order valence-corrected chi connectivity index (χ2v) is 6.50. The molecule has 7 nitrogen and oxygen atoms in total. The van der Waals surface area contributed by atoms with Crippen molar-refractivity contribution in [2.45, 2.75) is 25.0 Å². The summed E-state index contributed by atoms with van der Waals surface area (Å²) in [6.07, 6.45) is 1.21. The van der Waals surface area contributed by atoms with Crippen LogP contribution in [0.15, 0.2) is 24.3 Å².